The SMILES string of the molecule is CCCCCCCCCC(O)[P+](c1ccccc1)(c1ccccc1)c1ccccc1. The van der Waals surface area contributed by atoms with E-state index in [0.29, 0.717) is 0 Å². The van der Waals surface area contributed by atoms with E-state index in [0.717, 1.165) is 12.8 Å². The van der Waals surface area contributed by atoms with Gasteiger partial charge in [0.05, 0.1) is 0 Å². The van der Waals surface area contributed by atoms with Gasteiger partial charge in [-0.25, -0.2) is 0 Å². The minimum atomic E-state index is -2.15. The highest BCUT2D eigenvalue weighted by Gasteiger charge is 2.51. The van der Waals surface area contributed by atoms with Crippen molar-refractivity contribution in [3.8, 4) is 0 Å². The van der Waals surface area contributed by atoms with Crippen LogP contribution in [0.2, 0.25) is 0 Å². The normalized spacial score (nSPS) is 12.6. The van der Waals surface area contributed by atoms with E-state index in [1.54, 1.807) is 0 Å². The number of hydrogen-bond acceptors (Lipinski definition) is 1. The Kier molecular flexibility index (Phi) is 9.12. The van der Waals surface area contributed by atoms with Crippen molar-refractivity contribution in [2.75, 3.05) is 0 Å². The Bertz CT molecular complexity index is 736. The number of hydrogen-bond donors (Lipinski definition) is 1. The number of aliphatic hydroxyl groups is 1. The van der Waals surface area contributed by atoms with Gasteiger partial charge in [0, 0.05) is 6.42 Å². The van der Waals surface area contributed by atoms with E-state index in [1.165, 1.54) is 54.4 Å². The molecule has 0 saturated carbocycles. The third kappa shape index (κ3) is 5.39. The average molecular weight is 420 g/mol. The van der Waals surface area contributed by atoms with Gasteiger partial charge in [0.15, 0.2) is 5.85 Å². The van der Waals surface area contributed by atoms with Gasteiger partial charge >= 0.3 is 0 Å². The van der Waals surface area contributed by atoms with Crippen molar-refractivity contribution in [1.29, 1.82) is 0 Å². The van der Waals surface area contributed by atoms with Gasteiger partial charge in [-0.2, -0.15) is 0 Å². The molecule has 1 N–H and O–H groups in total. The first-order valence-electron chi connectivity index (χ1n) is 11.5. The lowest BCUT2D eigenvalue weighted by atomic mass is 10.1. The molecule has 3 aromatic rings. The van der Waals surface area contributed by atoms with E-state index < -0.39 is 7.26 Å². The maximum atomic E-state index is 11.8. The Morgan fingerprint density at radius 1 is 0.567 bits per heavy atom. The van der Waals surface area contributed by atoms with Crippen LogP contribution in [0.25, 0.3) is 0 Å². The fourth-order valence-electron chi connectivity index (χ4n) is 4.43. The zero-order valence-electron chi connectivity index (χ0n) is 18.3. The van der Waals surface area contributed by atoms with Crippen molar-refractivity contribution in [1.82, 2.24) is 0 Å². The first kappa shape index (κ1) is 22.7. The van der Waals surface area contributed by atoms with Crippen LogP contribution in [0, 0.1) is 0 Å². The molecule has 0 aromatic heterocycles. The molecule has 0 aliphatic rings. The summed E-state index contributed by atoms with van der Waals surface area (Å²) in [5.41, 5.74) is 0. The van der Waals surface area contributed by atoms with Crippen LogP contribution in [0.15, 0.2) is 91.0 Å². The standard InChI is InChI=1S/C28H36OP/c1-2-3-4-5-6-7-17-24-28(29)30(25-18-11-8-12-19-25,26-20-13-9-14-21-26)27-22-15-10-16-23-27/h8-16,18-23,28-29H,2-7,17,24H2,1H3/q+1. The number of aliphatic hydroxyl groups excluding tert-OH is 1. The molecule has 2 heteroatoms. The summed E-state index contributed by atoms with van der Waals surface area (Å²) in [5, 5.41) is 15.6. The van der Waals surface area contributed by atoms with Gasteiger partial charge in [0.25, 0.3) is 0 Å². The fourth-order valence-corrected chi connectivity index (χ4v) is 8.85. The van der Waals surface area contributed by atoms with E-state index in [1.807, 2.05) is 0 Å². The van der Waals surface area contributed by atoms with Crippen LogP contribution in [-0.4, -0.2) is 11.0 Å². The molecule has 0 bridgehead atoms. The van der Waals surface area contributed by atoms with Crippen LogP contribution in [0.4, 0.5) is 0 Å². The molecule has 1 unspecified atom stereocenters. The number of rotatable bonds is 12. The molecule has 0 amide bonds. The Balaban J connectivity index is 1.91. The highest BCUT2D eigenvalue weighted by molar-refractivity contribution is 7.96. The minimum absolute atomic E-state index is 0.375. The maximum Gasteiger partial charge on any atom is 0.178 e. The highest BCUT2D eigenvalue weighted by atomic mass is 31.2. The van der Waals surface area contributed by atoms with Crippen LogP contribution < -0.4 is 15.9 Å². The van der Waals surface area contributed by atoms with Gasteiger partial charge in [-0.1, -0.05) is 100 Å². The molecule has 0 heterocycles. The summed E-state index contributed by atoms with van der Waals surface area (Å²) in [5.74, 6) is -0.375. The summed E-state index contributed by atoms with van der Waals surface area (Å²) >= 11 is 0. The molecule has 0 aliphatic carbocycles. The first-order chi connectivity index (χ1) is 14.8. The number of benzene rings is 3. The second kappa shape index (κ2) is 12.0. The smallest absolute Gasteiger partial charge is 0.178 e. The molecule has 30 heavy (non-hydrogen) atoms. The summed E-state index contributed by atoms with van der Waals surface area (Å²) in [6, 6.07) is 32.1. The number of unbranched alkanes of at least 4 members (excludes halogenated alkanes) is 6. The topological polar surface area (TPSA) is 20.2 Å². The molecule has 3 aromatic carbocycles. The molecule has 1 atom stereocenters. The van der Waals surface area contributed by atoms with Crippen molar-refractivity contribution in [3.63, 3.8) is 0 Å². The lowest BCUT2D eigenvalue weighted by Gasteiger charge is -2.31. The quantitative estimate of drug-likeness (QED) is 0.265. The van der Waals surface area contributed by atoms with Crippen molar-refractivity contribution in [3.05, 3.63) is 91.0 Å². The van der Waals surface area contributed by atoms with Crippen LogP contribution in [0.5, 0.6) is 0 Å². The molecule has 1 nitrogen and oxygen atoms in total. The predicted molar refractivity (Wildman–Crippen MR) is 134 cm³/mol. The van der Waals surface area contributed by atoms with Crippen LogP contribution in [0.3, 0.4) is 0 Å². The molecular weight excluding hydrogens is 383 g/mol. The molecular formula is C28H36OP+. The van der Waals surface area contributed by atoms with Crippen LogP contribution in [0.1, 0.15) is 58.3 Å². The van der Waals surface area contributed by atoms with Gasteiger partial charge in [-0.15, -0.1) is 0 Å². The fraction of sp³-hybridized carbons (Fsp3) is 0.357. The van der Waals surface area contributed by atoms with Crippen LogP contribution >= 0.6 is 7.26 Å². The molecule has 158 valence electrons. The minimum Gasteiger partial charge on any atom is -0.358 e. The van der Waals surface area contributed by atoms with Crippen molar-refractivity contribution >= 4 is 23.2 Å². The van der Waals surface area contributed by atoms with E-state index in [2.05, 4.69) is 97.9 Å². The van der Waals surface area contributed by atoms with Gasteiger partial charge in [0.1, 0.15) is 23.2 Å². The van der Waals surface area contributed by atoms with Gasteiger partial charge in [-0.3, -0.25) is 0 Å². The van der Waals surface area contributed by atoms with E-state index in [-0.39, 0.29) is 5.85 Å². The molecule has 0 spiro atoms. The summed E-state index contributed by atoms with van der Waals surface area (Å²) in [4.78, 5) is 0. The van der Waals surface area contributed by atoms with Crippen molar-refractivity contribution in [2.24, 2.45) is 0 Å². The van der Waals surface area contributed by atoms with Gasteiger partial charge in [0.2, 0.25) is 0 Å². The van der Waals surface area contributed by atoms with E-state index in [4.69, 9.17) is 0 Å². The lowest BCUT2D eigenvalue weighted by molar-refractivity contribution is 0.241. The molecule has 3 rings (SSSR count). The molecule has 0 saturated heterocycles. The second-order valence-electron chi connectivity index (χ2n) is 8.12. The van der Waals surface area contributed by atoms with Crippen molar-refractivity contribution < 1.29 is 5.11 Å². The third-order valence-corrected chi connectivity index (χ3v) is 10.5. The zero-order valence-corrected chi connectivity index (χ0v) is 19.2. The Labute approximate surface area is 183 Å². The van der Waals surface area contributed by atoms with Gasteiger partial charge < -0.3 is 5.11 Å². The van der Waals surface area contributed by atoms with Crippen molar-refractivity contribution in [2.45, 2.75) is 64.1 Å². The highest BCUT2D eigenvalue weighted by Crippen LogP contribution is 2.60. The molecule has 0 fully saturated rings. The third-order valence-electron chi connectivity index (χ3n) is 6.00. The van der Waals surface area contributed by atoms with Crippen LogP contribution in [-0.2, 0) is 0 Å². The second-order valence-corrected chi connectivity index (χ2v) is 11.7. The van der Waals surface area contributed by atoms with E-state index in [9.17, 15) is 5.11 Å². The monoisotopic (exact) mass is 419 g/mol. The Morgan fingerprint density at radius 3 is 1.33 bits per heavy atom. The Hall–Kier alpha value is -1.95. The first-order valence-corrected chi connectivity index (χ1v) is 13.4. The van der Waals surface area contributed by atoms with Gasteiger partial charge in [-0.05, 0) is 42.8 Å². The molecule has 0 aliphatic heterocycles. The summed E-state index contributed by atoms with van der Waals surface area (Å²) < 4.78 is 0. The Morgan fingerprint density at radius 2 is 0.933 bits per heavy atom. The maximum absolute atomic E-state index is 11.8. The zero-order chi connectivity index (χ0) is 21.1. The predicted octanol–water partition coefficient (Wildman–Crippen LogP) is 6.44. The van der Waals surface area contributed by atoms with E-state index >= 15 is 0 Å². The molecule has 0 radical (unpaired) electrons. The lowest BCUT2D eigenvalue weighted by Crippen LogP contribution is -2.38. The summed E-state index contributed by atoms with van der Waals surface area (Å²) in [7, 11) is -2.15. The largest absolute Gasteiger partial charge is 0.358 e. The summed E-state index contributed by atoms with van der Waals surface area (Å²) in [6.07, 6.45) is 9.71. The average Bonchev–Trinajstić information content (AvgIpc) is 2.81. The summed E-state index contributed by atoms with van der Waals surface area (Å²) in [6.45, 7) is 2.26.